The van der Waals surface area contributed by atoms with Gasteiger partial charge in [0.25, 0.3) is 0 Å². The van der Waals surface area contributed by atoms with E-state index in [9.17, 15) is 19.2 Å². The average Bonchev–Trinajstić information content (AvgIpc) is 3.15. The maximum Gasteiger partial charge on any atom is 0.509 e. The predicted octanol–water partition coefficient (Wildman–Crippen LogP) is -1.56. The Kier molecular flexibility index (Phi) is 7.16. The quantitative estimate of drug-likeness (QED) is 0.362. The van der Waals surface area contributed by atoms with Gasteiger partial charge in [-0.1, -0.05) is 11.3 Å². The number of hydrogen-bond donors (Lipinski definition) is 2. The highest BCUT2D eigenvalue weighted by Crippen LogP contribution is 2.33. The Morgan fingerprint density at radius 2 is 1.97 bits per heavy atom. The van der Waals surface area contributed by atoms with Crippen LogP contribution in [0.15, 0.2) is 9.79 Å². The number of fused-ring (bicyclic) bond motifs is 1. The van der Waals surface area contributed by atoms with Crippen molar-refractivity contribution in [3.8, 4) is 0 Å². The van der Waals surface area contributed by atoms with Gasteiger partial charge in [0, 0.05) is 20.0 Å². The number of carbonyl (C=O) groups is 3. The summed E-state index contributed by atoms with van der Waals surface area (Å²) in [6.07, 6.45) is -5.60. The van der Waals surface area contributed by atoms with Crippen LogP contribution in [-0.4, -0.2) is 60.0 Å². The number of esters is 2. The summed E-state index contributed by atoms with van der Waals surface area (Å²) in [5.74, 6) is -1.29. The molecule has 2 aliphatic heterocycles. The van der Waals surface area contributed by atoms with E-state index < -0.39 is 59.9 Å². The Hall–Kier alpha value is -2.97. The zero-order chi connectivity index (χ0) is 23.6. The van der Waals surface area contributed by atoms with Gasteiger partial charge in [0.2, 0.25) is 0 Å². The van der Waals surface area contributed by atoms with Crippen molar-refractivity contribution in [1.82, 2.24) is 9.88 Å². The molecule has 14 heteroatoms. The molecule has 3 N–H and O–H groups in total. The average molecular weight is 472 g/mol. The fraction of sp³-hybridized carbons (Fsp3) is 0.611. The van der Waals surface area contributed by atoms with Crippen molar-refractivity contribution >= 4 is 35.6 Å². The Morgan fingerprint density at radius 1 is 1.25 bits per heavy atom. The molecule has 0 saturated carbocycles. The summed E-state index contributed by atoms with van der Waals surface area (Å²) in [4.78, 5) is 51.9. The third kappa shape index (κ3) is 5.26. The molecule has 3 heterocycles. The normalized spacial score (nSPS) is 26.2. The van der Waals surface area contributed by atoms with Crippen molar-refractivity contribution in [2.24, 2.45) is 10.7 Å². The van der Waals surface area contributed by atoms with Gasteiger partial charge in [-0.3, -0.25) is 24.7 Å². The summed E-state index contributed by atoms with van der Waals surface area (Å²) in [6.45, 7) is 5.30. The van der Waals surface area contributed by atoms with Gasteiger partial charge in [0.15, 0.2) is 30.2 Å². The number of nitrogens with two attached hydrogens (primary N) is 1. The van der Waals surface area contributed by atoms with Gasteiger partial charge in [0.05, 0.1) is 10.6 Å². The largest absolute Gasteiger partial charge is 0.509 e. The van der Waals surface area contributed by atoms with Crippen LogP contribution in [0, 0.1) is 0 Å². The summed E-state index contributed by atoms with van der Waals surface area (Å²) in [5, 5.41) is 2.78. The van der Waals surface area contributed by atoms with Crippen LogP contribution >= 0.6 is 11.3 Å². The van der Waals surface area contributed by atoms with Crippen molar-refractivity contribution in [2.45, 2.75) is 64.6 Å². The minimum atomic E-state index is -1.30. The lowest BCUT2D eigenvalue weighted by Crippen LogP contribution is -2.48. The van der Waals surface area contributed by atoms with Crippen LogP contribution in [0.1, 0.15) is 33.9 Å². The number of aromatic nitrogens is 1. The fourth-order valence-electron chi connectivity index (χ4n) is 3.21. The smallest absolute Gasteiger partial charge is 0.463 e. The summed E-state index contributed by atoms with van der Waals surface area (Å²) in [5.41, 5.74) is 6.01. The molecule has 1 saturated heterocycles. The molecule has 0 amide bonds. The minimum Gasteiger partial charge on any atom is -0.463 e. The van der Waals surface area contributed by atoms with Gasteiger partial charge in [-0.05, 0) is 13.8 Å². The van der Waals surface area contributed by atoms with E-state index in [4.69, 9.17) is 29.4 Å². The third-order valence-electron chi connectivity index (χ3n) is 4.35. The van der Waals surface area contributed by atoms with E-state index in [1.165, 1.54) is 13.1 Å². The second kappa shape index (κ2) is 9.67. The first kappa shape index (κ1) is 23.7. The maximum atomic E-state index is 12.8. The highest BCUT2D eigenvalue weighted by molar-refractivity contribution is 7.07. The van der Waals surface area contributed by atoms with Crippen molar-refractivity contribution in [3.63, 3.8) is 0 Å². The highest BCUT2D eigenvalue weighted by Gasteiger charge is 2.52. The zero-order valence-electron chi connectivity index (χ0n) is 17.8. The Balaban J connectivity index is 2.06. The number of rotatable bonds is 6. The number of carbonyl (C=O) groups excluding carboxylic acids is 3. The lowest BCUT2D eigenvalue weighted by atomic mass is 10.1. The maximum absolute atomic E-state index is 12.8. The number of ether oxygens (including phenoxy) is 5. The standard InChI is InChI=1S/C18H24N4O9S/c1-7(2)28-18(26)31-13-12(29-9(4)24)10(6-27-8(3)23)30-15(13)22-14-11(32-17(22)25)5-20-16(19)21-14/h5,7,10,12-13,15-16,20H,6,19H2,1-4H3/t10-,12+,13-,15-,16?/m1/s1. The molecule has 0 radical (unpaired) electrons. The lowest BCUT2D eigenvalue weighted by molar-refractivity contribution is -0.158. The van der Waals surface area contributed by atoms with Crippen LogP contribution in [0.25, 0.3) is 6.20 Å². The van der Waals surface area contributed by atoms with E-state index in [0.717, 1.165) is 22.8 Å². The first-order valence-corrected chi connectivity index (χ1v) is 10.5. The molecular formula is C18H24N4O9S. The van der Waals surface area contributed by atoms with Crippen LogP contribution in [0.3, 0.4) is 0 Å². The molecule has 5 atom stereocenters. The molecule has 1 aromatic heterocycles. The van der Waals surface area contributed by atoms with E-state index in [2.05, 4.69) is 10.3 Å². The SMILES string of the molecule is CC(=O)OC[C@H]1O[C@@H](n2c(=O)sc3c2=NC(N)NC=3)[C@H](OC(=O)OC(C)C)[C@H]1OC(C)=O. The van der Waals surface area contributed by atoms with Crippen LogP contribution in [-0.2, 0) is 33.3 Å². The van der Waals surface area contributed by atoms with Gasteiger partial charge >= 0.3 is 23.0 Å². The van der Waals surface area contributed by atoms with Crippen molar-refractivity contribution in [2.75, 3.05) is 6.61 Å². The van der Waals surface area contributed by atoms with Gasteiger partial charge in [-0.2, -0.15) is 0 Å². The minimum absolute atomic E-state index is 0.205. The molecule has 32 heavy (non-hydrogen) atoms. The van der Waals surface area contributed by atoms with Gasteiger partial charge in [0.1, 0.15) is 12.7 Å². The Labute approximate surface area is 185 Å². The molecule has 3 rings (SSSR count). The monoisotopic (exact) mass is 472 g/mol. The molecule has 176 valence electrons. The van der Waals surface area contributed by atoms with E-state index in [1.807, 2.05) is 0 Å². The van der Waals surface area contributed by atoms with Crippen molar-refractivity contribution in [3.05, 3.63) is 19.7 Å². The van der Waals surface area contributed by atoms with Crippen LogP contribution in [0.5, 0.6) is 0 Å². The highest BCUT2D eigenvalue weighted by atomic mass is 32.1. The first-order valence-electron chi connectivity index (χ1n) is 9.71. The topological polar surface area (TPSA) is 170 Å². The Morgan fingerprint density at radius 3 is 2.59 bits per heavy atom. The molecule has 0 aromatic carbocycles. The van der Waals surface area contributed by atoms with Crippen LogP contribution < -0.4 is 25.9 Å². The van der Waals surface area contributed by atoms with Gasteiger partial charge < -0.3 is 29.0 Å². The summed E-state index contributed by atoms with van der Waals surface area (Å²) in [7, 11) is 0. The first-order chi connectivity index (χ1) is 15.1. The lowest BCUT2D eigenvalue weighted by Gasteiger charge is -2.24. The molecule has 0 bridgehead atoms. The number of hydrogen-bond acceptors (Lipinski definition) is 13. The molecular weight excluding hydrogens is 448 g/mol. The van der Waals surface area contributed by atoms with E-state index in [0.29, 0.717) is 4.53 Å². The second-order valence-corrected chi connectivity index (χ2v) is 8.24. The number of nitrogens with one attached hydrogen (secondary N) is 1. The molecule has 1 unspecified atom stereocenters. The summed E-state index contributed by atoms with van der Waals surface area (Å²) >= 11 is 0.867. The number of nitrogens with zero attached hydrogens (tertiary/aromatic N) is 2. The summed E-state index contributed by atoms with van der Waals surface area (Å²) in [6, 6.07) is 0. The molecule has 0 aliphatic carbocycles. The van der Waals surface area contributed by atoms with Crippen LogP contribution in [0.4, 0.5) is 4.79 Å². The number of thiazole rings is 1. The molecule has 0 spiro atoms. The van der Waals surface area contributed by atoms with E-state index in [-0.39, 0.29) is 12.1 Å². The van der Waals surface area contributed by atoms with Crippen molar-refractivity contribution < 1.29 is 38.1 Å². The third-order valence-corrected chi connectivity index (χ3v) is 5.24. The Bertz CT molecular complexity index is 1070. The van der Waals surface area contributed by atoms with E-state index in [1.54, 1.807) is 13.8 Å². The predicted molar refractivity (Wildman–Crippen MR) is 108 cm³/mol. The summed E-state index contributed by atoms with van der Waals surface area (Å²) < 4.78 is 28.4. The molecule has 1 aromatic rings. The molecule has 2 aliphatic rings. The van der Waals surface area contributed by atoms with Gasteiger partial charge in [-0.25, -0.2) is 9.79 Å². The molecule has 13 nitrogen and oxygen atoms in total. The fourth-order valence-corrected chi connectivity index (χ4v) is 4.05. The van der Waals surface area contributed by atoms with E-state index >= 15 is 0 Å². The van der Waals surface area contributed by atoms with Crippen molar-refractivity contribution in [1.29, 1.82) is 0 Å². The molecule has 1 fully saturated rings. The van der Waals surface area contributed by atoms with Crippen LogP contribution in [0.2, 0.25) is 0 Å². The zero-order valence-corrected chi connectivity index (χ0v) is 18.6. The van der Waals surface area contributed by atoms with Gasteiger partial charge in [-0.15, -0.1) is 0 Å². The second-order valence-electron chi connectivity index (χ2n) is 7.25.